The van der Waals surface area contributed by atoms with Crippen molar-refractivity contribution in [1.82, 2.24) is 0 Å². The summed E-state index contributed by atoms with van der Waals surface area (Å²) in [6.07, 6.45) is -0.547. The molecule has 0 spiro atoms. The van der Waals surface area contributed by atoms with Crippen LogP contribution in [0.1, 0.15) is 17.5 Å². The van der Waals surface area contributed by atoms with Crippen LogP contribution in [0.4, 0.5) is 8.78 Å². The Morgan fingerprint density at radius 1 is 1.43 bits per heavy atom. The molecule has 1 nitrogen and oxygen atoms in total. The van der Waals surface area contributed by atoms with Crippen molar-refractivity contribution in [3.05, 3.63) is 33.8 Å². The zero-order chi connectivity index (χ0) is 10.8. The van der Waals surface area contributed by atoms with Gasteiger partial charge in [-0.2, -0.15) is 0 Å². The smallest absolute Gasteiger partial charge is 0.276 e. The van der Waals surface area contributed by atoms with Gasteiger partial charge in [0.15, 0.2) is 0 Å². The Balaban J connectivity index is 3.06. The third-order valence-corrected chi connectivity index (χ3v) is 2.60. The highest BCUT2D eigenvalue weighted by molar-refractivity contribution is 9.10. The number of aryl methyl sites for hydroxylation is 1. The molecule has 0 aromatic heterocycles. The van der Waals surface area contributed by atoms with Gasteiger partial charge in [0.25, 0.3) is 5.92 Å². The Bertz CT molecular complexity index is 326. The van der Waals surface area contributed by atoms with Crippen LogP contribution in [0, 0.1) is 6.92 Å². The summed E-state index contributed by atoms with van der Waals surface area (Å²) in [7, 11) is 0. The highest BCUT2D eigenvalue weighted by Crippen LogP contribution is 2.36. The maximum atomic E-state index is 13.4. The summed E-state index contributed by atoms with van der Waals surface area (Å²) < 4.78 is 27.1. The number of halogens is 3. The van der Waals surface area contributed by atoms with Gasteiger partial charge in [-0.3, -0.25) is 0 Å². The lowest BCUT2D eigenvalue weighted by Crippen LogP contribution is -2.15. The Morgan fingerprint density at radius 3 is 2.57 bits per heavy atom. The van der Waals surface area contributed by atoms with E-state index in [0.717, 1.165) is 5.56 Å². The molecule has 14 heavy (non-hydrogen) atoms. The number of benzene rings is 1. The van der Waals surface area contributed by atoms with Crippen molar-refractivity contribution >= 4 is 15.9 Å². The zero-order valence-electron chi connectivity index (χ0n) is 7.73. The second kappa shape index (κ2) is 4.36. The van der Waals surface area contributed by atoms with Gasteiger partial charge in [-0.25, -0.2) is 8.78 Å². The summed E-state index contributed by atoms with van der Waals surface area (Å²) in [4.78, 5) is 0. The molecule has 0 saturated carbocycles. The van der Waals surface area contributed by atoms with Crippen LogP contribution in [-0.2, 0) is 5.92 Å². The minimum atomic E-state index is -2.97. The number of aliphatic hydroxyl groups is 1. The predicted molar refractivity (Wildman–Crippen MR) is 54.5 cm³/mol. The molecule has 78 valence electrons. The van der Waals surface area contributed by atoms with E-state index < -0.39 is 19.0 Å². The molecular weight excluding hydrogens is 254 g/mol. The maximum Gasteiger partial charge on any atom is 0.276 e. The molecule has 0 amide bonds. The van der Waals surface area contributed by atoms with Gasteiger partial charge in [-0.15, -0.1) is 0 Å². The van der Waals surface area contributed by atoms with Crippen LogP contribution in [0.2, 0.25) is 0 Å². The Morgan fingerprint density at radius 2 is 2.07 bits per heavy atom. The number of hydrogen-bond donors (Lipinski definition) is 1. The predicted octanol–water partition coefficient (Wildman–Crippen LogP) is 3.23. The van der Waals surface area contributed by atoms with Gasteiger partial charge in [-0.1, -0.05) is 28.1 Å². The van der Waals surface area contributed by atoms with Crippen molar-refractivity contribution in [2.45, 2.75) is 19.3 Å². The van der Waals surface area contributed by atoms with Gasteiger partial charge in [0.1, 0.15) is 0 Å². The molecule has 0 saturated heterocycles. The van der Waals surface area contributed by atoms with Crippen molar-refractivity contribution in [3.63, 3.8) is 0 Å². The molecule has 0 unspecified atom stereocenters. The molecule has 0 atom stereocenters. The summed E-state index contributed by atoms with van der Waals surface area (Å²) >= 11 is 3.09. The van der Waals surface area contributed by atoms with Crippen LogP contribution < -0.4 is 0 Å². The SMILES string of the molecule is Cc1ccc(C(F)(F)CCO)c(Br)c1. The van der Waals surface area contributed by atoms with E-state index in [2.05, 4.69) is 15.9 Å². The third-order valence-electron chi connectivity index (χ3n) is 1.94. The first-order valence-corrected chi connectivity index (χ1v) is 5.02. The van der Waals surface area contributed by atoms with E-state index in [1.165, 1.54) is 6.07 Å². The minimum Gasteiger partial charge on any atom is -0.396 e. The normalized spacial score (nSPS) is 11.8. The van der Waals surface area contributed by atoms with Crippen molar-refractivity contribution in [1.29, 1.82) is 0 Å². The van der Waals surface area contributed by atoms with E-state index in [0.29, 0.717) is 4.47 Å². The second-order valence-electron chi connectivity index (χ2n) is 3.16. The van der Waals surface area contributed by atoms with Gasteiger partial charge in [-0.05, 0) is 18.6 Å². The molecule has 0 aliphatic rings. The number of hydrogen-bond acceptors (Lipinski definition) is 1. The fourth-order valence-electron chi connectivity index (χ4n) is 1.19. The van der Waals surface area contributed by atoms with Crippen molar-refractivity contribution in [2.75, 3.05) is 6.61 Å². The maximum absolute atomic E-state index is 13.4. The van der Waals surface area contributed by atoms with Gasteiger partial charge >= 0.3 is 0 Å². The van der Waals surface area contributed by atoms with E-state index in [-0.39, 0.29) is 5.56 Å². The molecule has 1 N–H and O–H groups in total. The van der Waals surface area contributed by atoms with Crippen molar-refractivity contribution in [3.8, 4) is 0 Å². The summed E-state index contributed by atoms with van der Waals surface area (Å²) in [6, 6.07) is 4.65. The number of rotatable bonds is 3. The molecule has 0 radical (unpaired) electrons. The summed E-state index contributed by atoms with van der Waals surface area (Å²) in [6.45, 7) is 1.31. The van der Waals surface area contributed by atoms with Gasteiger partial charge in [0.05, 0.1) is 0 Å². The van der Waals surface area contributed by atoms with E-state index in [1.807, 2.05) is 6.92 Å². The highest BCUT2D eigenvalue weighted by Gasteiger charge is 2.32. The first kappa shape index (κ1) is 11.6. The summed E-state index contributed by atoms with van der Waals surface area (Å²) in [5, 5.41) is 8.51. The first-order valence-electron chi connectivity index (χ1n) is 4.22. The fraction of sp³-hybridized carbons (Fsp3) is 0.400. The monoisotopic (exact) mass is 264 g/mol. The van der Waals surface area contributed by atoms with E-state index in [1.54, 1.807) is 12.1 Å². The van der Waals surface area contributed by atoms with Crippen LogP contribution in [-0.4, -0.2) is 11.7 Å². The first-order chi connectivity index (χ1) is 6.47. The second-order valence-corrected chi connectivity index (χ2v) is 4.02. The van der Waals surface area contributed by atoms with Crippen LogP contribution >= 0.6 is 15.9 Å². The molecule has 0 heterocycles. The van der Waals surface area contributed by atoms with E-state index in [9.17, 15) is 8.78 Å². The standard InChI is InChI=1S/C10H11BrF2O/c1-7-2-3-8(9(11)6-7)10(12,13)4-5-14/h2-3,6,14H,4-5H2,1H3. The lowest BCUT2D eigenvalue weighted by molar-refractivity contribution is -0.0276. The van der Waals surface area contributed by atoms with Gasteiger partial charge < -0.3 is 5.11 Å². The molecule has 0 aliphatic heterocycles. The molecule has 4 heteroatoms. The zero-order valence-corrected chi connectivity index (χ0v) is 9.31. The van der Waals surface area contributed by atoms with Gasteiger partial charge in [0.2, 0.25) is 0 Å². The lowest BCUT2D eigenvalue weighted by Gasteiger charge is -2.17. The summed E-state index contributed by atoms with van der Waals surface area (Å²) in [5.74, 6) is -2.97. The van der Waals surface area contributed by atoms with Crippen LogP contribution in [0.5, 0.6) is 0 Å². The number of aliphatic hydroxyl groups excluding tert-OH is 1. The molecule has 1 aromatic carbocycles. The quantitative estimate of drug-likeness (QED) is 0.889. The Hall–Kier alpha value is -0.480. The Kier molecular flexibility index (Phi) is 3.61. The molecule has 1 aromatic rings. The van der Waals surface area contributed by atoms with Gasteiger partial charge in [0, 0.05) is 23.1 Å². The molecular formula is C10H11BrF2O. The average molecular weight is 265 g/mol. The molecule has 0 fully saturated rings. The average Bonchev–Trinajstić information content (AvgIpc) is 2.02. The fourth-order valence-corrected chi connectivity index (χ4v) is 1.98. The topological polar surface area (TPSA) is 20.2 Å². The van der Waals surface area contributed by atoms with Crippen molar-refractivity contribution in [2.24, 2.45) is 0 Å². The highest BCUT2D eigenvalue weighted by atomic mass is 79.9. The number of alkyl halides is 2. The lowest BCUT2D eigenvalue weighted by atomic mass is 10.0. The van der Waals surface area contributed by atoms with Crippen LogP contribution in [0.25, 0.3) is 0 Å². The molecule has 1 rings (SSSR count). The summed E-state index contributed by atoms with van der Waals surface area (Å²) in [5.41, 5.74) is 0.845. The Labute approximate surface area is 89.9 Å². The van der Waals surface area contributed by atoms with Crippen molar-refractivity contribution < 1.29 is 13.9 Å². The largest absolute Gasteiger partial charge is 0.396 e. The van der Waals surface area contributed by atoms with E-state index >= 15 is 0 Å². The minimum absolute atomic E-state index is 0.0721. The van der Waals surface area contributed by atoms with E-state index in [4.69, 9.17) is 5.11 Å². The molecule has 0 aliphatic carbocycles. The molecule has 0 bridgehead atoms. The third kappa shape index (κ3) is 2.51. The van der Waals surface area contributed by atoms with Crippen LogP contribution in [0.15, 0.2) is 22.7 Å². The van der Waals surface area contributed by atoms with Crippen LogP contribution in [0.3, 0.4) is 0 Å².